The van der Waals surface area contributed by atoms with Gasteiger partial charge in [-0.25, -0.2) is 0 Å². The maximum absolute atomic E-state index is 12.1. The number of Topliss-reactive ketones (excluding diaryl/α,β-unsaturated/α-hetero) is 1. The van der Waals surface area contributed by atoms with E-state index in [0.717, 1.165) is 32.3 Å². The van der Waals surface area contributed by atoms with Crippen LogP contribution >= 0.6 is 0 Å². The maximum Gasteiger partial charge on any atom is 0.144 e. The normalized spacial score (nSPS) is 35.4. The van der Waals surface area contributed by atoms with Gasteiger partial charge in [-0.15, -0.1) is 0 Å². The van der Waals surface area contributed by atoms with E-state index in [1.54, 1.807) is 0 Å². The summed E-state index contributed by atoms with van der Waals surface area (Å²) in [6.07, 6.45) is 10.5. The van der Waals surface area contributed by atoms with E-state index in [1.807, 2.05) is 0 Å². The highest BCUT2D eigenvalue weighted by Crippen LogP contribution is 2.49. The Balaban J connectivity index is 1.56. The molecule has 0 bridgehead atoms. The van der Waals surface area contributed by atoms with Crippen LogP contribution in [0.1, 0.15) is 57.8 Å². The van der Waals surface area contributed by atoms with Gasteiger partial charge >= 0.3 is 0 Å². The largest absolute Gasteiger partial charge is 0.376 e. The van der Waals surface area contributed by atoms with Crippen LogP contribution < -0.4 is 0 Å². The van der Waals surface area contributed by atoms with E-state index < -0.39 is 0 Å². The molecule has 1 saturated heterocycles. The third-order valence-corrected chi connectivity index (χ3v) is 5.05. The molecule has 0 aromatic carbocycles. The first-order chi connectivity index (χ1) is 8.81. The molecule has 3 rings (SSSR count). The molecule has 2 aliphatic carbocycles. The average Bonchev–Trinajstić information content (AvgIpc) is 2.75. The molecule has 3 heteroatoms. The predicted molar refractivity (Wildman–Crippen MR) is 68.5 cm³/mol. The van der Waals surface area contributed by atoms with Crippen molar-refractivity contribution in [2.24, 2.45) is 5.41 Å². The Morgan fingerprint density at radius 1 is 1.17 bits per heavy atom. The van der Waals surface area contributed by atoms with Gasteiger partial charge in [0.2, 0.25) is 0 Å². The molecule has 2 unspecified atom stereocenters. The van der Waals surface area contributed by atoms with Gasteiger partial charge in [-0.3, -0.25) is 4.79 Å². The van der Waals surface area contributed by atoms with Gasteiger partial charge < -0.3 is 9.47 Å². The molecule has 0 amide bonds. The molecule has 1 heterocycles. The lowest BCUT2D eigenvalue weighted by molar-refractivity contribution is -0.170. The van der Waals surface area contributed by atoms with Gasteiger partial charge in [0.05, 0.1) is 24.2 Å². The highest BCUT2D eigenvalue weighted by molar-refractivity contribution is 5.92. The van der Waals surface area contributed by atoms with Crippen LogP contribution in [0.2, 0.25) is 0 Å². The van der Waals surface area contributed by atoms with E-state index in [2.05, 4.69) is 0 Å². The fourth-order valence-electron chi connectivity index (χ4n) is 3.79. The van der Waals surface area contributed by atoms with Crippen molar-refractivity contribution >= 4 is 5.78 Å². The fraction of sp³-hybridized carbons (Fsp3) is 0.933. The summed E-state index contributed by atoms with van der Waals surface area (Å²) in [5.74, 6) is 0.460. The van der Waals surface area contributed by atoms with Gasteiger partial charge in [-0.1, -0.05) is 25.7 Å². The van der Waals surface area contributed by atoms with Crippen molar-refractivity contribution in [1.29, 1.82) is 0 Å². The zero-order valence-electron chi connectivity index (χ0n) is 11.2. The van der Waals surface area contributed by atoms with Gasteiger partial charge in [-0.05, 0) is 25.7 Å². The first kappa shape index (κ1) is 12.6. The number of hydrogen-bond donors (Lipinski definition) is 0. The van der Waals surface area contributed by atoms with E-state index in [4.69, 9.17) is 9.47 Å². The Labute approximate surface area is 109 Å². The van der Waals surface area contributed by atoms with Crippen LogP contribution in [-0.4, -0.2) is 31.2 Å². The summed E-state index contributed by atoms with van der Waals surface area (Å²) in [5.41, 5.74) is -0.102. The molecule has 2 saturated carbocycles. The van der Waals surface area contributed by atoms with E-state index >= 15 is 0 Å². The zero-order chi connectivity index (χ0) is 12.4. The van der Waals surface area contributed by atoms with Crippen molar-refractivity contribution in [1.82, 2.24) is 0 Å². The number of ether oxygens (including phenoxy) is 2. The summed E-state index contributed by atoms with van der Waals surface area (Å²) < 4.78 is 11.6. The van der Waals surface area contributed by atoms with Gasteiger partial charge in [-0.2, -0.15) is 0 Å². The van der Waals surface area contributed by atoms with E-state index in [0.29, 0.717) is 18.8 Å². The second-order valence-electron chi connectivity index (χ2n) is 6.15. The fourth-order valence-corrected chi connectivity index (χ4v) is 3.79. The number of carbonyl (C=O) groups excluding carboxylic acids is 1. The third-order valence-electron chi connectivity index (χ3n) is 5.05. The lowest BCUT2D eigenvalue weighted by atomic mass is 9.60. The van der Waals surface area contributed by atoms with Crippen LogP contribution in [0.15, 0.2) is 0 Å². The number of hydrogen-bond acceptors (Lipinski definition) is 3. The molecule has 3 aliphatic rings. The number of carbonyl (C=O) groups is 1. The second kappa shape index (κ2) is 5.30. The molecule has 1 spiro atoms. The molecule has 102 valence electrons. The van der Waals surface area contributed by atoms with Crippen LogP contribution in [0, 0.1) is 5.41 Å². The molecule has 18 heavy (non-hydrogen) atoms. The van der Waals surface area contributed by atoms with Gasteiger partial charge in [0.25, 0.3) is 0 Å². The minimum atomic E-state index is -0.102. The smallest absolute Gasteiger partial charge is 0.144 e. The first-order valence-corrected chi connectivity index (χ1v) is 7.58. The quantitative estimate of drug-likeness (QED) is 0.774. The molecular formula is C15H24O3. The molecule has 2 atom stereocenters. The second-order valence-corrected chi connectivity index (χ2v) is 6.15. The lowest BCUT2D eigenvalue weighted by Crippen LogP contribution is -2.55. The van der Waals surface area contributed by atoms with Crippen LogP contribution in [0.3, 0.4) is 0 Å². The van der Waals surface area contributed by atoms with Crippen LogP contribution in [0.4, 0.5) is 0 Å². The van der Waals surface area contributed by atoms with Crippen molar-refractivity contribution in [3.8, 4) is 0 Å². The highest BCUT2D eigenvalue weighted by atomic mass is 16.5. The van der Waals surface area contributed by atoms with Crippen molar-refractivity contribution in [3.63, 3.8) is 0 Å². The summed E-state index contributed by atoms with van der Waals surface area (Å²) in [4.78, 5) is 12.1. The Kier molecular flexibility index (Phi) is 3.71. The first-order valence-electron chi connectivity index (χ1n) is 7.58. The molecule has 3 nitrogen and oxygen atoms in total. The summed E-state index contributed by atoms with van der Waals surface area (Å²) in [7, 11) is 0. The summed E-state index contributed by atoms with van der Waals surface area (Å²) in [5, 5.41) is 0. The van der Waals surface area contributed by atoms with E-state index in [1.165, 1.54) is 25.7 Å². The van der Waals surface area contributed by atoms with Gasteiger partial charge in [0.1, 0.15) is 5.78 Å². The van der Waals surface area contributed by atoms with Gasteiger partial charge in [0.15, 0.2) is 0 Å². The summed E-state index contributed by atoms with van der Waals surface area (Å²) in [6.45, 7) is 1.57. The van der Waals surface area contributed by atoms with Crippen molar-refractivity contribution in [3.05, 3.63) is 0 Å². The molecule has 0 aromatic rings. The standard InChI is InChI=1S/C15H24O3/c16-13-10-14(18-11-12-6-5-9-17-12)15(13)7-3-1-2-4-8-15/h12,14H,1-11H2. The molecule has 3 fully saturated rings. The Hall–Kier alpha value is -0.410. The van der Waals surface area contributed by atoms with Gasteiger partial charge in [0, 0.05) is 13.0 Å². The monoisotopic (exact) mass is 252 g/mol. The lowest BCUT2D eigenvalue weighted by Gasteiger charge is -2.47. The number of ketones is 1. The summed E-state index contributed by atoms with van der Waals surface area (Å²) in [6, 6.07) is 0. The Morgan fingerprint density at radius 3 is 2.56 bits per heavy atom. The van der Waals surface area contributed by atoms with Crippen molar-refractivity contribution in [2.45, 2.75) is 70.0 Å². The van der Waals surface area contributed by atoms with E-state index in [9.17, 15) is 4.79 Å². The van der Waals surface area contributed by atoms with Crippen LogP contribution in [0.5, 0.6) is 0 Å². The third kappa shape index (κ3) is 2.23. The molecule has 0 aromatic heterocycles. The maximum atomic E-state index is 12.1. The highest BCUT2D eigenvalue weighted by Gasteiger charge is 2.54. The minimum Gasteiger partial charge on any atom is -0.376 e. The van der Waals surface area contributed by atoms with E-state index in [-0.39, 0.29) is 17.6 Å². The van der Waals surface area contributed by atoms with Crippen LogP contribution in [0.25, 0.3) is 0 Å². The topological polar surface area (TPSA) is 35.5 Å². The summed E-state index contributed by atoms with van der Waals surface area (Å²) >= 11 is 0. The van der Waals surface area contributed by atoms with Crippen molar-refractivity contribution < 1.29 is 14.3 Å². The molecular weight excluding hydrogens is 228 g/mol. The molecule has 1 aliphatic heterocycles. The number of rotatable bonds is 3. The van der Waals surface area contributed by atoms with Crippen molar-refractivity contribution in [2.75, 3.05) is 13.2 Å². The predicted octanol–water partition coefficient (Wildman–Crippen LogP) is 2.86. The Bertz CT molecular complexity index is 299. The van der Waals surface area contributed by atoms with Crippen LogP contribution in [-0.2, 0) is 14.3 Å². The SMILES string of the molecule is O=C1CC(OCC2CCCO2)C12CCCCCC2. The zero-order valence-corrected chi connectivity index (χ0v) is 11.2. The minimum absolute atomic E-state index is 0.102. The molecule has 0 N–H and O–H groups in total. The molecule has 0 radical (unpaired) electrons. The Morgan fingerprint density at radius 2 is 1.94 bits per heavy atom. The average molecular weight is 252 g/mol.